The van der Waals surface area contributed by atoms with E-state index in [0.717, 1.165) is 19.6 Å². The molecule has 1 aromatic heterocycles. The highest BCUT2D eigenvalue weighted by Crippen LogP contribution is 2.56. The van der Waals surface area contributed by atoms with Gasteiger partial charge in [-0.25, -0.2) is 0 Å². The van der Waals surface area contributed by atoms with Crippen molar-refractivity contribution in [2.24, 2.45) is 5.41 Å². The molecule has 128 valence electrons. The van der Waals surface area contributed by atoms with Crippen LogP contribution in [-0.4, -0.2) is 56.7 Å². The van der Waals surface area contributed by atoms with Crippen LogP contribution in [0.15, 0.2) is 16.8 Å². The van der Waals surface area contributed by atoms with Gasteiger partial charge in [-0.1, -0.05) is 0 Å². The van der Waals surface area contributed by atoms with Gasteiger partial charge in [0, 0.05) is 26.2 Å². The summed E-state index contributed by atoms with van der Waals surface area (Å²) in [5, 5.41) is 10.9. The first kappa shape index (κ1) is 16.9. The topological polar surface area (TPSA) is 53.6 Å². The van der Waals surface area contributed by atoms with Crippen molar-refractivity contribution >= 4 is 17.2 Å². The number of carbonyl (C=O) groups excluding carboxylic acids is 1. The highest BCUT2D eigenvalue weighted by atomic mass is 32.1. The standard InChI is InChI=1S/C17H27N3O2S/c1-22-8-7-19-11-16(21)20(12-14-2-9-23-13-14)15-10-17(15)3-5-18-6-4-17/h2,9,13,15,18-19H,3-8,10-12H2,1H3. The second-order valence-electron chi connectivity index (χ2n) is 6.66. The molecule has 1 atom stereocenters. The Morgan fingerprint density at radius 2 is 2.35 bits per heavy atom. The van der Waals surface area contributed by atoms with E-state index in [4.69, 9.17) is 4.74 Å². The van der Waals surface area contributed by atoms with Crippen LogP contribution in [0.3, 0.4) is 0 Å². The summed E-state index contributed by atoms with van der Waals surface area (Å²) < 4.78 is 5.03. The Kier molecular flexibility index (Phi) is 5.69. The number of piperidine rings is 1. The van der Waals surface area contributed by atoms with E-state index in [0.29, 0.717) is 31.2 Å². The molecule has 1 amide bonds. The van der Waals surface area contributed by atoms with E-state index < -0.39 is 0 Å². The number of nitrogens with zero attached hydrogens (tertiary/aromatic N) is 1. The fraction of sp³-hybridized carbons (Fsp3) is 0.706. The third-order valence-electron chi connectivity index (χ3n) is 5.13. The lowest BCUT2D eigenvalue weighted by Crippen LogP contribution is -2.43. The van der Waals surface area contributed by atoms with Crippen molar-refractivity contribution in [3.8, 4) is 0 Å². The lowest BCUT2D eigenvalue weighted by Gasteiger charge is -2.29. The van der Waals surface area contributed by atoms with Gasteiger partial charge < -0.3 is 20.3 Å². The van der Waals surface area contributed by atoms with Gasteiger partial charge in [0.25, 0.3) is 0 Å². The van der Waals surface area contributed by atoms with Crippen LogP contribution in [0.1, 0.15) is 24.8 Å². The largest absolute Gasteiger partial charge is 0.383 e. The zero-order valence-electron chi connectivity index (χ0n) is 13.8. The molecule has 1 aliphatic heterocycles. The quantitative estimate of drug-likeness (QED) is 0.705. The zero-order chi connectivity index (χ0) is 16.1. The minimum Gasteiger partial charge on any atom is -0.383 e. The summed E-state index contributed by atoms with van der Waals surface area (Å²) in [5.41, 5.74) is 1.62. The number of hydrogen-bond donors (Lipinski definition) is 2. The Hall–Kier alpha value is -0.950. The van der Waals surface area contributed by atoms with Crippen LogP contribution in [0, 0.1) is 5.41 Å². The van der Waals surface area contributed by atoms with Crippen LogP contribution in [0.2, 0.25) is 0 Å². The van der Waals surface area contributed by atoms with Gasteiger partial charge in [-0.15, -0.1) is 0 Å². The van der Waals surface area contributed by atoms with Crippen LogP contribution in [0.25, 0.3) is 0 Å². The molecule has 23 heavy (non-hydrogen) atoms. The predicted molar refractivity (Wildman–Crippen MR) is 92.6 cm³/mol. The summed E-state index contributed by atoms with van der Waals surface area (Å²) in [6, 6.07) is 2.54. The molecule has 5 nitrogen and oxygen atoms in total. The number of hydrogen-bond acceptors (Lipinski definition) is 5. The number of methoxy groups -OCH3 is 1. The molecule has 0 radical (unpaired) electrons. The van der Waals surface area contributed by atoms with Gasteiger partial charge in [0.1, 0.15) is 0 Å². The average molecular weight is 337 g/mol. The van der Waals surface area contributed by atoms with Crippen molar-refractivity contribution < 1.29 is 9.53 Å². The molecular formula is C17H27N3O2S. The van der Waals surface area contributed by atoms with Crippen molar-refractivity contribution in [3.05, 3.63) is 22.4 Å². The fourth-order valence-electron chi connectivity index (χ4n) is 3.65. The highest BCUT2D eigenvalue weighted by Gasteiger charge is 2.57. The molecule has 0 aromatic carbocycles. The number of thiophene rings is 1. The summed E-state index contributed by atoms with van der Waals surface area (Å²) in [4.78, 5) is 14.9. The molecule has 2 fully saturated rings. The Labute approximate surface area is 142 Å². The summed E-state index contributed by atoms with van der Waals surface area (Å²) >= 11 is 1.70. The lowest BCUT2D eigenvalue weighted by molar-refractivity contribution is -0.132. The molecule has 3 rings (SSSR count). The Bertz CT molecular complexity index is 500. The number of amides is 1. The van der Waals surface area contributed by atoms with Crippen LogP contribution < -0.4 is 10.6 Å². The van der Waals surface area contributed by atoms with Crippen molar-refractivity contribution in [2.75, 3.05) is 39.9 Å². The van der Waals surface area contributed by atoms with E-state index in [9.17, 15) is 4.79 Å². The van der Waals surface area contributed by atoms with Crippen LogP contribution in [0.4, 0.5) is 0 Å². The normalized spacial score (nSPS) is 22.2. The number of carbonyl (C=O) groups is 1. The van der Waals surface area contributed by atoms with Gasteiger partial charge in [-0.05, 0) is 60.2 Å². The van der Waals surface area contributed by atoms with Crippen molar-refractivity contribution in [1.82, 2.24) is 15.5 Å². The molecule has 1 saturated carbocycles. The molecular weight excluding hydrogens is 310 g/mol. The molecule has 2 heterocycles. The first-order valence-electron chi connectivity index (χ1n) is 8.46. The number of rotatable bonds is 8. The molecule has 1 saturated heterocycles. The summed E-state index contributed by atoms with van der Waals surface area (Å²) in [6.45, 7) is 4.67. The first-order chi connectivity index (χ1) is 11.2. The van der Waals surface area contributed by atoms with Gasteiger partial charge in [-0.3, -0.25) is 4.79 Å². The molecule has 1 aliphatic carbocycles. The fourth-order valence-corrected chi connectivity index (χ4v) is 4.31. The van der Waals surface area contributed by atoms with Gasteiger partial charge in [0.15, 0.2) is 0 Å². The molecule has 1 unspecified atom stereocenters. The minimum atomic E-state index is 0.215. The molecule has 1 spiro atoms. The number of nitrogens with one attached hydrogen (secondary N) is 2. The highest BCUT2D eigenvalue weighted by molar-refractivity contribution is 7.07. The van der Waals surface area contributed by atoms with E-state index >= 15 is 0 Å². The Morgan fingerprint density at radius 1 is 1.52 bits per heavy atom. The average Bonchev–Trinajstić information content (AvgIpc) is 2.99. The smallest absolute Gasteiger partial charge is 0.237 e. The summed E-state index contributed by atoms with van der Waals surface area (Å²) in [7, 11) is 1.68. The third-order valence-corrected chi connectivity index (χ3v) is 5.87. The van der Waals surface area contributed by atoms with Crippen LogP contribution >= 0.6 is 11.3 Å². The van der Waals surface area contributed by atoms with Crippen molar-refractivity contribution in [1.29, 1.82) is 0 Å². The van der Waals surface area contributed by atoms with Gasteiger partial charge in [0.2, 0.25) is 5.91 Å². The van der Waals surface area contributed by atoms with Gasteiger partial charge >= 0.3 is 0 Å². The van der Waals surface area contributed by atoms with E-state index in [1.165, 1.54) is 24.8 Å². The van der Waals surface area contributed by atoms with E-state index in [1.54, 1.807) is 18.4 Å². The maximum atomic E-state index is 12.8. The van der Waals surface area contributed by atoms with Crippen molar-refractivity contribution in [3.63, 3.8) is 0 Å². The predicted octanol–water partition coefficient (Wildman–Crippen LogP) is 1.45. The maximum Gasteiger partial charge on any atom is 0.237 e. The zero-order valence-corrected chi connectivity index (χ0v) is 14.7. The second-order valence-corrected chi connectivity index (χ2v) is 7.44. The van der Waals surface area contributed by atoms with Gasteiger partial charge in [-0.2, -0.15) is 11.3 Å². The molecule has 6 heteroatoms. The Morgan fingerprint density at radius 3 is 3.04 bits per heavy atom. The first-order valence-corrected chi connectivity index (χ1v) is 9.40. The van der Waals surface area contributed by atoms with E-state index in [1.807, 2.05) is 0 Å². The molecule has 2 N–H and O–H groups in total. The second kappa shape index (κ2) is 7.75. The van der Waals surface area contributed by atoms with E-state index in [2.05, 4.69) is 32.4 Å². The lowest BCUT2D eigenvalue weighted by atomic mass is 9.93. The SMILES string of the molecule is COCCNCC(=O)N(Cc1ccsc1)C1CC12CCNCC2. The maximum absolute atomic E-state index is 12.8. The molecule has 0 bridgehead atoms. The summed E-state index contributed by atoms with van der Waals surface area (Å²) in [5.74, 6) is 0.215. The Balaban J connectivity index is 1.61. The van der Waals surface area contributed by atoms with Crippen LogP contribution in [-0.2, 0) is 16.1 Å². The third kappa shape index (κ3) is 4.12. The van der Waals surface area contributed by atoms with Gasteiger partial charge in [0.05, 0.1) is 13.2 Å². The summed E-state index contributed by atoms with van der Waals surface area (Å²) in [6.07, 6.45) is 3.56. The minimum absolute atomic E-state index is 0.215. The molecule has 1 aromatic rings. The molecule has 2 aliphatic rings. The van der Waals surface area contributed by atoms with E-state index in [-0.39, 0.29) is 5.91 Å². The van der Waals surface area contributed by atoms with Crippen LogP contribution in [0.5, 0.6) is 0 Å². The van der Waals surface area contributed by atoms with Crippen molar-refractivity contribution in [2.45, 2.75) is 31.8 Å². The number of ether oxygens (including phenoxy) is 1. The monoisotopic (exact) mass is 337 g/mol.